The average molecular weight is 240 g/mol. The minimum Gasteiger partial charge on any atom is -0.396 e. The van der Waals surface area contributed by atoms with Crippen molar-refractivity contribution in [3.8, 4) is 0 Å². The highest BCUT2D eigenvalue weighted by atomic mass is 16.3. The van der Waals surface area contributed by atoms with E-state index >= 15 is 0 Å². The van der Waals surface area contributed by atoms with Gasteiger partial charge >= 0.3 is 0 Å². The molecule has 1 heterocycles. The Morgan fingerprint density at radius 3 is 2.53 bits per heavy atom. The van der Waals surface area contributed by atoms with Crippen LogP contribution in [0.1, 0.15) is 32.1 Å². The SMILES string of the molecule is CN1CCC(NC(=O)C2CCC(CO)CC2)C1. The molecule has 0 aromatic carbocycles. The van der Waals surface area contributed by atoms with E-state index < -0.39 is 0 Å². The van der Waals surface area contributed by atoms with Crippen LogP contribution in [0.15, 0.2) is 0 Å². The fourth-order valence-corrected chi connectivity index (χ4v) is 2.98. The van der Waals surface area contributed by atoms with Crippen molar-refractivity contribution in [2.75, 3.05) is 26.7 Å². The molecule has 2 aliphatic rings. The van der Waals surface area contributed by atoms with Crippen LogP contribution in [0.4, 0.5) is 0 Å². The zero-order valence-electron chi connectivity index (χ0n) is 10.7. The Labute approximate surface area is 103 Å². The summed E-state index contributed by atoms with van der Waals surface area (Å²) in [4.78, 5) is 14.3. The van der Waals surface area contributed by atoms with Crippen molar-refractivity contribution < 1.29 is 9.90 Å². The maximum absolute atomic E-state index is 12.1. The van der Waals surface area contributed by atoms with Crippen molar-refractivity contribution in [1.82, 2.24) is 10.2 Å². The van der Waals surface area contributed by atoms with E-state index in [1.165, 1.54) is 0 Å². The van der Waals surface area contributed by atoms with Gasteiger partial charge in [0.1, 0.15) is 0 Å². The van der Waals surface area contributed by atoms with Gasteiger partial charge in [-0.2, -0.15) is 0 Å². The standard InChI is InChI=1S/C13H24N2O2/c1-15-7-6-12(8-15)14-13(17)11-4-2-10(9-16)3-5-11/h10-12,16H,2-9H2,1H3,(H,14,17). The number of aliphatic hydroxyl groups is 1. The molecule has 1 saturated carbocycles. The minimum atomic E-state index is 0.184. The largest absolute Gasteiger partial charge is 0.396 e. The van der Waals surface area contributed by atoms with Gasteiger partial charge in [-0.05, 0) is 51.6 Å². The van der Waals surface area contributed by atoms with Crippen LogP contribution in [0, 0.1) is 11.8 Å². The van der Waals surface area contributed by atoms with Crippen LogP contribution in [-0.2, 0) is 4.79 Å². The van der Waals surface area contributed by atoms with Gasteiger partial charge in [-0.1, -0.05) is 0 Å². The molecule has 1 atom stereocenters. The fraction of sp³-hybridized carbons (Fsp3) is 0.923. The van der Waals surface area contributed by atoms with E-state index in [-0.39, 0.29) is 18.4 Å². The van der Waals surface area contributed by atoms with Crippen molar-refractivity contribution >= 4 is 5.91 Å². The highest BCUT2D eigenvalue weighted by Crippen LogP contribution is 2.28. The maximum atomic E-state index is 12.1. The number of nitrogens with one attached hydrogen (secondary N) is 1. The van der Waals surface area contributed by atoms with E-state index in [0.29, 0.717) is 12.0 Å². The molecular weight excluding hydrogens is 216 g/mol. The van der Waals surface area contributed by atoms with Gasteiger partial charge in [-0.3, -0.25) is 4.79 Å². The third kappa shape index (κ3) is 3.42. The number of carbonyl (C=O) groups excluding carboxylic acids is 1. The van der Waals surface area contributed by atoms with Crippen LogP contribution in [0.5, 0.6) is 0 Å². The van der Waals surface area contributed by atoms with Gasteiger partial charge < -0.3 is 15.3 Å². The molecule has 4 heteroatoms. The van der Waals surface area contributed by atoms with Gasteiger partial charge in [-0.25, -0.2) is 0 Å². The monoisotopic (exact) mass is 240 g/mol. The normalized spacial score (nSPS) is 34.8. The zero-order chi connectivity index (χ0) is 12.3. The third-order valence-electron chi connectivity index (χ3n) is 4.21. The van der Waals surface area contributed by atoms with Gasteiger partial charge in [0.25, 0.3) is 0 Å². The first-order valence-corrected chi connectivity index (χ1v) is 6.79. The fourth-order valence-electron chi connectivity index (χ4n) is 2.98. The molecule has 0 bridgehead atoms. The molecule has 0 spiro atoms. The molecule has 1 aliphatic carbocycles. The van der Waals surface area contributed by atoms with Gasteiger partial charge in [0.2, 0.25) is 5.91 Å². The summed E-state index contributed by atoms with van der Waals surface area (Å²) in [5, 5.41) is 12.2. The Hall–Kier alpha value is -0.610. The Kier molecular flexibility index (Phi) is 4.40. The van der Waals surface area contributed by atoms with Crippen molar-refractivity contribution in [1.29, 1.82) is 0 Å². The summed E-state index contributed by atoms with van der Waals surface area (Å²) in [5.74, 6) is 0.849. The number of likely N-dealkylation sites (N-methyl/N-ethyl adjacent to an activating group) is 1. The number of hydrogen-bond acceptors (Lipinski definition) is 3. The molecule has 17 heavy (non-hydrogen) atoms. The van der Waals surface area contributed by atoms with E-state index in [1.807, 2.05) is 0 Å². The number of rotatable bonds is 3. The molecule has 98 valence electrons. The number of aliphatic hydroxyl groups excluding tert-OH is 1. The van der Waals surface area contributed by atoms with Crippen LogP contribution < -0.4 is 5.32 Å². The molecule has 0 radical (unpaired) electrons. The van der Waals surface area contributed by atoms with E-state index in [0.717, 1.165) is 45.2 Å². The molecule has 2 N–H and O–H groups in total. The first-order valence-electron chi connectivity index (χ1n) is 6.79. The first kappa shape index (κ1) is 12.8. The zero-order valence-corrected chi connectivity index (χ0v) is 10.7. The summed E-state index contributed by atoms with van der Waals surface area (Å²) in [7, 11) is 2.10. The van der Waals surface area contributed by atoms with Crippen molar-refractivity contribution in [2.45, 2.75) is 38.1 Å². The Bertz CT molecular complexity index is 262. The van der Waals surface area contributed by atoms with Gasteiger partial charge in [0.05, 0.1) is 0 Å². The lowest BCUT2D eigenvalue weighted by molar-refractivity contribution is -0.127. The summed E-state index contributed by atoms with van der Waals surface area (Å²) < 4.78 is 0. The predicted octanol–water partition coefficient (Wildman–Crippen LogP) is 0.605. The quantitative estimate of drug-likeness (QED) is 0.760. The van der Waals surface area contributed by atoms with E-state index in [4.69, 9.17) is 5.11 Å². The second-order valence-corrected chi connectivity index (χ2v) is 5.66. The topological polar surface area (TPSA) is 52.6 Å². The summed E-state index contributed by atoms with van der Waals surface area (Å²) in [6.07, 6.45) is 4.96. The number of carbonyl (C=O) groups is 1. The van der Waals surface area contributed by atoms with Crippen LogP contribution in [0.3, 0.4) is 0 Å². The molecule has 1 unspecified atom stereocenters. The molecule has 4 nitrogen and oxygen atoms in total. The second kappa shape index (κ2) is 5.83. The smallest absolute Gasteiger partial charge is 0.223 e. The Morgan fingerprint density at radius 1 is 1.29 bits per heavy atom. The van der Waals surface area contributed by atoms with Crippen LogP contribution in [0.25, 0.3) is 0 Å². The highest BCUT2D eigenvalue weighted by Gasteiger charge is 2.28. The van der Waals surface area contributed by atoms with E-state index in [1.54, 1.807) is 0 Å². The maximum Gasteiger partial charge on any atom is 0.223 e. The van der Waals surface area contributed by atoms with Crippen LogP contribution in [-0.4, -0.2) is 48.7 Å². The first-order chi connectivity index (χ1) is 8.19. The summed E-state index contributed by atoms with van der Waals surface area (Å²) >= 11 is 0. The van der Waals surface area contributed by atoms with Crippen LogP contribution >= 0.6 is 0 Å². The highest BCUT2D eigenvalue weighted by molar-refractivity contribution is 5.79. The molecule has 2 rings (SSSR count). The number of nitrogens with zero attached hydrogens (tertiary/aromatic N) is 1. The van der Waals surface area contributed by atoms with Crippen molar-refractivity contribution in [2.24, 2.45) is 11.8 Å². The van der Waals surface area contributed by atoms with Gasteiger partial charge in [0, 0.05) is 25.1 Å². The van der Waals surface area contributed by atoms with Crippen molar-refractivity contribution in [3.05, 3.63) is 0 Å². The summed E-state index contributed by atoms with van der Waals surface area (Å²) in [6, 6.07) is 0.350. The molecule has 1 aliphatic heterocycles. The minimum absolute atomic E-state index is 0.184. The van der Waals surface area contributed by atoms with Crippen molar-refractivity contribution in [3.63, 3.8) is 0 Å². The Morgan fingerprint density at radius 2 is 2.00 bits per heavy atom. The molecular formula is C13H24N2O2. The van der Waals surface area contributed by atoms with E-state index in [2.05, 4.69) is 17.3 Å². The Balaban J connectivity index is 1.73. The molecule has 0 aromatic rings. The lowest BCUT2D eigenvalue weighted by atomic mass is 9.82. The second-order valence-electron chi connectivity index (χ2n) is 5.66. The lowest BCUT2D eigenvalue weighted by Crippen LogP contribution is -2.41. The van der Waals surface area contributed by atoms with Gasteiger partial charge in [0.15, 0.2) is 0 Å². The number of hydrogen-bond donors (Lipinski definition) is 2. The summed E-state index contributed by atoms with van der Waals surface area (Å²) in [6.45, 7) is 2.35. The lowest BCUT2D eigenvalue weighted by Gasteiger charge is -2.27. The summed E-state index contributed by atoms with van der Waals surface area (Å²) in [5.41, 5.74) is 0. The average Bonchev–Trinajstić information content (AvgIpc) is 2.75. The third-order valence-corrected chi connectivity index (χ3v) is 4.21. The number of amides is 1. The molecule has 2 fully saturated rings. The van der Waals surface area contributed by atoms with Crippen LogP contribution in [0.2, 0.25) is 0 Å². The molecule has 0 aromatic heterocycles. The predicted molar refractivity (Wildman–Crippen MR) is 66.6 cm³/mol. The van der Waals surface area contributed by atoms with Gasteiger partial charge in [-0.15, -0.1) is 0 Å². The molecule has 1 amide bonds. The number of likely N-dealkylation sites (tertiary alicyclic amines) is 1. The molecule has 1 saturated heterocycles. The van der Waals surface area contributed by atoms with E-state index in [9.17, 15) is 4.79 Å².